The molecular weight excluding hydrogens is 194 g/mol. The summed E-state index contributed by atoms with van der Waals surface area (Å²) in [6.07, 6.45) is 1.43. The topological polar surface area (TPSA) is 43.1 Å². The van der Waals surface area contributed by atoms with Crippen LogP contribution in [0, 0.1) is 0 Å². The van der Waals surface area contributed by atoms with Crippen LogP contribution in [0.3, 0.4) is 0 Å². The Labute approximate surface area is 69.6 Å². The Morgan fingerprint density at radius 3 is 2.40 bits per heavy atom. The van der Waals surface area contributed by atoms with Crippen LogP contribution in [0.15, 0.2) is 10.2 Å². The van der Waals surface area contributed by atoms with E-state index < -0.39 is 0 Å². The molecular formula is C7H12BrNO. The molecule has 2 N–H and O–H groups in total. The zero-order chi connectivity index (χ0) is 8.15. The molecule has 3 heteroatoms. The van der Waals surface area contributed by atoms with Crippen LogP contribution < -0.4 is 5.73 Å². The van der Waals surface area contributed by atoms with E-state index in [2.05, 4.69) is 15.9 Å². The summed E-state index contributed by atoms with van der Waals surface area (Å²) in [7, 11) is 0. The quantitative estimate of drug-likeness (QED) is 0.717. The molecule has 0 spiro atoms. The highest BCUT2D eigenvalue weighted by Crippen LogP contribution is 2.12. The van der Waals surface area contributed by atoms with Crippen molar-refractivity contribution in [3.8, 4) is 0 Å². The van der Waals surface area contributed by atoms with Crippen LogP contribution in [0.4, 0.5) is 0 Å². The molecule has 0 rings (SSSR count). The van der Waals surface area contributed by atoms with E-state index in [9.17, 15) is 4.79 Å². The molecule has 0 aliphatic rings. The molecule has 0 heterocycles. The van der Waals surface area contributed by atoms with Crippen LogP contribution in [0.25, 0.3) is 0 Å². The molecule has 0 atom stereocenters. The lowest BCUT2D eigenvalue weighted by atomic mass is 10.2. The van der Waals surface area contributed by atoms with Crippen molar-refractivity contribution in [3.05, 3.63) is 10.2 Å². The minimum atomic E-state index is 0.0856. The Bertz CT molecular complexity index is 159. The standard InChI is InChI=1S/C7H12BrNO/c1-3-4-6(10)7(8)5(2)9/h3-4,9H2,1-2H3/b7-5+. The molecule has 0 aliphatic carbocycles. The van der Waals surface area contributed by atoms with Crippen LogP contribution in [-0.4, -0.2) is 5.78 Å². The number of rotatable bonds is 3. The summed E-state index contributed by atoms with van der Waals surface area (Å²) in [5.41, 5.74) is 5.93. The summed E-state index contributed by atoms with van der Waals surface area (Å²) in [6.45, 7) is 3.67. The van der Waals surface area contributed by atoms with Crippen molar-refractivity contribution in [3.63, 3.8) is 0 Å². The predicted molar refractivity (Wildman–Crippen MR) is 45.7 cm³/mol. The molecule has 2 nitrogen and oxygen atoms in total. The molecule has 0 aromatic carbocycles. The first kappa shape index (κ1) is 9.69. The first-order valence-electron chi connectivity index (χ1n) is 3.24. The van der Waals surface area contributed by atoms with Gasteiger partial charge in [-0.05, 0) is 29.3 Å². The van der Waals surface area contributed by atoms with E-state index in [1.165, 1.54) is 0 Å². The Morgan fingerprint density at radius 2 is 2.10 bits per heavy atom. The Hall–Kier alpha value is -0.310. The summed E-state index contributed by atoms with van der Waals surface area (Å²) in [5, 5.41) is 0. The van der Waals surface area contributed by atoms with Crippen LogP contribution in [0.2, 0.25) is 0 Å². The highest BCUT2D eigenvalue weighted by atomic mass is 79.9. The first-order valence-corrected chi connectivity index (χ1v) is 4.04. The third-order valence-corrected chi connectivity index (χ3v) is 2.14. The number of hydrogen-bond acceptors (Lipinski definition) is 2. The normalized spacial score (nSPS) is 12.7. The molecule has 0 saturated heterocycles. The molecule has 0 amide bonds. The second-order valence-electron chi connectivity index (χ2n) is 2.17. The summed E-state index contributed by atoms with van der Waals surface area (Å²) in [4.78, 5) is 11.0. The molecule has 0 fully saturated rings. The number of halogens is 1. The van der Waals surface area contributed by atoms with Gasteiger partial charge >= 0.3 is 0 Å². The molecule has 0 bridgehead atoms. The lowest BCUT2D eigenvalue weighted by molar-refractivity contribution is -0.114. The number of allylic oxidation sites excluding steroid dienone is 2. The van der Waals surface area contributed by atoms with E-state index in [1.54, 1.807) is 6.92 Å². The van der Waals surface area contributed by atoms with Crippen molar-refractivity contribution in [1.82, 2.24) is 0 Å². The molecule has 10 heavy (non-hydrogen) atoms. The fourth-order valence-electron chi connectivity index (χ4n) is 0.557. The first-order chi connectivity index (χ1) is 4.59. The van der Waals surface area contributed by atoms with Crippen molar-refractivity contribution in [1.29, 1.82) is 0 Å². The second kappa shape index (κ2) is 4.50. The van der Waals surface area contributed by atoms with Gasteiger partial charge in [0, 0.05) is 12.1 Å². The van der Waals surface area contributed by atoms with Crippen LogP contribution >= 0.6 is 15.9 Å². The van der Waals surface area contributed by atoms with Gasteiger partial charge in [0.15, 0.2) is 5.78 Å². The molecule has 0 radical (unpaired) electrons. The molecule has 58 valence electrons. The molecule has 0 saturated carbocycles. The third-order valence-electron chi connectivity index (χ3n) is 1.07. The Morgan fingerprint density at radius 1 is 1.60 bits per heavy atom. The molecule has 0 unspecified atom stereocenters. The van der Waals surface area contributed by atoms with E-state index in [-0.39, 0.29) is 5.78 Å². The minimum absolute atomic E-state index is 0.0856. The zero-order valence-corrected chi connectivity index (χ0v) is 7.86. The fourth-order valence-corrected chi connectivity index (χ4v) is 0.755. The average Bonchev–Trinajstić information content (AvgIpc) is 1.87. The minimum Gasteiger partial charge on any atom is -0.401 e. The summed E-state index contributed by atoms with van der Waals surface area (Å²) in [6, 6.07) is 0. The van der Waals surface area contributed by atoms with Gasteiger partial charge < -0.3 is 5.73 Å². The van der Waals surface area contributed by atoms with Crippen molar-refractivity contribution in [2.45, 2.75) is 26.7 Å². The summed E-state index contributed by atoms with van der Waals surface area (Å²) in [5.74, 6) is 0.0856. The Kier molecular flexibility index (Phi) is 4.36. The lowest BCUT2D eigenvalue weighted by Gasteiger charge is -1.97. The number of carbonyl (C=O) groups is 1. The van der Waals surface area contributed by atoms with Crippen LogP contribution in [0.1, 0.15) is 26.7 Å². The van der Waals surface area contributed by atoms with Gasteiger partial charge in [0.25, 0.3) is 0 Å². The lowest BCUT2D eigenvalue weighted by Crippen LogP contribution is -2.03. The van der Waals surface area contributed by atoms with Crippen molar-refractivity contribution >= 4 is 21.7 Å². The van der Waals surface area contributed by atoms with E-state index in [4.69, 9.17) is 5.73 Å². The van der Waals surface area contributed by atoms with Gasteiger partial charge in [-0.1, -0.05) is 6.92 Å². The van der Waals surface area contributed by atoms with Gasteiger partial charge in [-0.3, -0.25) is 4.79 Å². The number of ketones is 1. The second-order valence-corrected chi connectivity index (χ2v) is 2.96. The molecule has 0 aromatic rings. The number of nitrogens with two attached hydrogens (primary N) is 1. The van der Waals surface area contributed by atoms with Gasteiger partial charge in [0.2, 0.25) is 0 Å². The van der Waals surface area contributed by atoms with Gasteiger partial charge in [0.1, 0.15) is 0 Å². The monoisotopic (exact) mass is 205 g/mol. The summed E-state index contributed by atoms with van der Waals surface area (Å²) < 4.78 is 0.523. The number of carbonyl (C=O) groups excluding carboxylic acids is 1. The molecule has 0 aliphatic heterocycles. The average molecular weight is 206 g/mol. The van der Waals surface area contributed by atoms with Crippen molar-refractivity contribution in [2.75, 3.05) is 0 Å². The zero-order valence-electron chi connectivity index (χ0n) is 6.28. The highest BCUT2D eigenvalue weighted by Gasteiger charge is 2.05. The van der Waals surface area contributed by atoms with Gasteiger partial charge in [-0.15, -0.1) is 0 Å². The van der Waals surface area contributed by atoms with E-state index in [1.807, 2.05) is 6.92 Å². The van der Waals surface area contributed by atoms with Gasteiger partial charge in [-0.25, -0.2) is 0 Å². The van der Waals surface area contributed by atoms with Crippen molar-refractivity contribution in [2.24, 2.45) is 5.73 Å². The fraction of sp³-hybridized carbons (Fsp3) is 0.571. The van der Waals surface area contributed by atoms with Crippen molar-refractivity contribution < 1.29 is 4.79 Å². The number of Topliss-reactive ketones (excluding diaryl/α,β-unsaturated/α-hetero) is 1. The maximum absolute atomic E-state index is 11.0. The SMILES string of the molecule is CCCC(=O)/C(Br)=C(/C)N. The van der Waals surface area contributed by atoms with E-state index in [0.29, 0.717) is 16.6 Å². The third kappa shape index (κ3) is 3.01. The largest absolute Gasteiger partial charge is 0.401 e. The number of hydrogen-bond donors (Lipinski definition) is 1. The van der Waals surface area contributed by atoms with E-state index >= 15 is 0 Å². The smallest absolute Gasteiger partial charge is 0.171 e. The maximum atomic E-state index is 11.0. The van der Waals surface area contributed by atoms with Gasteiger partial charge in [-0.2, -0.15) is 0 Å². The summed E-state index contributed by atoms with van der Waals surface area (Å²) >= 11 is 3.11. The van der Waals surface area contributed by atoms with Gasteiger partial charge in [0.05, 0.1) is 4.48 Å². The predicted octanol–water partition coefficient (Wildman–Crippen LogP) is 1.94. The Balaban J connectivity index is 4.09. The highest BCUT2D eigenvalue weighted by molar-refractivity contribution is 9.12. The van der Waals surface area contributed by atoms with Crippen LogP contribution in [0.5, 0.6) is 0 Å². The molecule has 0 aromatic heterocycles. The maximum Gasteiger partial charge on any atom is 0.171 e. The van der Waals surface area contributed by atoms with E-state index in [0.717, 1.165) is 6.42 Å². The van der Waals surface area contributed by atoms with Crippen LogP contribution in [-0.2, 0) is 4.79 Å².